The fourth-order valence-corrected chi connectivity index (χ4v) is 1.07. The van der Waals surface area contributed by atoms with E-state index in [1.807, 2.05) is 0 Å². The zero-order valence-electron chi connectivity index (χ0n) is 7.07. The topological polar surface area (TPSA) is 24.4 Å². The van der Waals surface area contributed by atoms with Crippen molar-refractivity contribution in [3.63, 3.8) is 0 Å². The lowest BCUT2D eigenvalue weighted by Gasteiger charge is -2.17. The van der Waals surface area contributed by atoms with Gasteiger partial charge in [0, 0.05) is 13.0 Å². The first-order valence-corrected chi connectivity index (χ1v) is 3.85. The summed E-state index contributed by atoms with van der Waals surface area (Å²) in [4.78, 5) is 4.33. The van der Waals surface area contributed by atoms with Gasteiger partial charge >= 0.3 is 0 Å². The molecule has 2 nitrogen and oxygen atoms in total. The van der Waals surface area contributed by atoms with E-state index in [9.17, 15) is 0 Å². The lowest BCUT2D eigenvalue weighted by molar-refractivity contribution is 0.431. The Morgan fingerprint density at radius 3 is 2.60 bits per heavy atom. The third-order valence-corrected chi connectivity index (χ3v) is 1.44. The monoisotopic (exact) mass is 140 g/mol. The van der Waals surface area contributed by atoms with Crippen molar-refractivity contribution in [3.8, 4) is 0 Å². The van der Waals surface area contributed by atoms with Crippen molar-refractivity contribution in [3.05, 3.63) is 0 Å². The highest BCUT2D eigenvalue weighted by Gasteiger charge is 2.15. The molecular formula is C8H16N2. The molecule has 0 amide bonds. The van der Waals surface area contributed by atoms with Crippen LogP contribution in [0.5, 0.6) is 0 Å². The van der Waals surface area contributed by atoms with Gasteiger partial charge in [-0.05, 0) is 5.41 Å². The molecular weight excluding hydrogens is 124 g/mol. The maximum Gasteiger partial charge on any atom is 0.0969 e. The Hall–Kier alpha value is -0.530. The number of nitrogens with one attached hydrogen (secondary N) is 1. The van der Waals surface area contributed by atoms with E-state index in [1.54, 1.807) is 0 Å². The van der Waals surface area contributed by atoms with Crippen molar-refractivity contribution in [1.29, 1.82) is 0 Å². The van der Waals surface area contributed by atoms with Crippen LogP contribution in [0.25, 0.3) is 0 Å². The SMILES string of the molecule is CC(C)(C)CC1=NCCN1. The molecule has 0 aliphatic carbocycles. The Balaban J connectivity index is 2.38. The first-order valence-electron chi connectivity index (χ1n) is 3.85. The van der Waals surface area contributed by atoms with Gasteiger partial charge in [-0.2, -0.15) is 0 Å². The van der Waals surface area contributed by atoms with Gasteiger partial charge in [0.15, 0.2) is 0 Å². The Morgan fingerprint density at radius 1 is 1.50 bits per heavy atom. The van der Waals surface area contributed by atoms with Crippen LogP contribution in [0.1, 0.15) is 27.2 Å². The van der Waals surface area contributed by atoms with E-state index in [0.717, 1.165) is 19.5 Å². The number of aliphatic imine (C=N–C) groups is 1. The molecule has 1 rings (SSSR count). The Morgan fingerprint density at radius 2 is 2.20 bits per heavy atom. The number of nitrogens with zero attached hydrogens (tertiary/aromatic N) is 1. The lowest BCUT2D eigenvalue weighted by Crippen LogP contribution is -2.23. The highest BCUT2D eigenvalue weighted by atomic mass is 15.1. The fourth-order valence-electron chi connectivity index (χ4n) is 1.07. The predicted octanol–water partition coefficient (Wildman–Crippen LogP) is 1.42. The van der Waals surface area contributed by atoms with E-state index in [-0.39, 0.29) is 0 Å². The molecule has 0 aromatic heterocycles. The summed E-state index contributed by atoms with van der Waals surface area (Å²) >= 11 is 0. The maximum absolute atomic E-state index is 4.33. The number of amidine groups is 1. The third kappa shape index (κ3) is 2.38. The van der Waals surface area contributed by atoms with Crippen LogP contribution in [0.3, 0.4) is 0 Å². The molecule has 1 aliphatic heterocycles. The van der Waals surface area contributed by atoms with Gasteiger partial charge in [0.25, 0.3) is 0 Å². The second kappa shape index (κ2) is 2.60. The molecule has 58 valence electrons. The quantitative estimate of drug-likeness (QED) is 0.585. The van der Waals surface area contributed by atoms with Crippen molar-refractivity contribution < 1.29 is 0 Å². The van der Waals surface area contributed by atoms with Crippen molar-refractivity contribution in [2.24, 2.45) is 10.4 Å². The average molecular weight is 140 g/mol. The normalized spacial score (nSPS) is 18.5. The molecule has 0 atom stereocenters. The van der Waals surface area contributed by atoms with Gasteiger partial charge < -0.3 is 5.32 Å². The number of hydrogen-bond donors (Lipinski definition) is 1. The maximum atomic E-state index is 4.33. The second-order valence-electron chi connectivity index (χ2n) is 3.99. The van der Waals surface area contributed by atoms with E-state index in [4.69, 9.17) is 0 Å². The highest BCUT2D eigenvalue weighted by Crippen LogP contribution is 2.18. The van der Waals surface area contributed by atoms with Gasteiger partial charge in [-0.25, -0.2) is 0 Å². The van der Waals surface area contributed by atoms with E-state index in [1.165, 1.54) is 5.84 Å². The first kappa shape index (κ1) is 7.58. The van der Waals surface area contributed by atoms with Crippen LogP contribution in [0.15, 0.2) is 4.99 Å². The minimum absolute atomic E-state index is 0.371. The summed E-state index contributed by atoms with van der Waals surface area (Å²) in [6.07, 6.45) is 1.08. The van der Waals surface area contributed by atoms with Crippen LogP contribution < -0.4 is 5.32 Å². The summed E-state index contributed by atoms with van der Waals surface area (Å²) in [6.45, 7) is 8.69. The van der Waals surface area contributed by atoms with Crippen LogP contribution >= 0.6 is 0 Å². The summed E-state index contributed by atoms with van der Waals surface area (Å²) in [7, 11) is 0. The van der Waals surface area contributed by atoms with Gasteiger partial charge in [0.2, 0.25) is 0 Å². The minimum Gasteiger partial charge on any atom is -0.372 e. The summed E-state index contributed by atoms with van der Waals surface area (Å²) in [5, 5.41) is 3.26. The van der Waals surface area contributed by atoms with Crippen molar-refractivity contribution in [2.45, 2.75) is 27.2 Å². The van der Waals surface area contributed by atoms with Gasteiger partial charge in [-0.15, -0.1) is 0 Å². The molecule has 0 saturated heterocycles. The van der Waals surface area contributed by atoms with E-state index >= 15 is 0 Å². The Bertz CT molecular complexity index is 142. The van der Waals surface area contributed by atoms with Crippen LogP contribution in [0.2, 0.25) is 0 Å². The van der Waals surface area contributed by atoms with Gasteiger partial charge in [-0.3, -0.25) is 4.99 Å². The zero-order chi connectivity index (χ0) is 7.61. The molecule has 1 N–H and O–H groups in total. The van der Waals surface area contributed by atoms with Crippen molar-refractivity contribution in [2.75, 3.05) is 13.1 Å². The van der Waals surface area contributed by atoms with Gasteiger partial charge in [0.1, 0.15) is 0 Å². The molecule has 0 fully saturated rings. The van der Waals surface area contributed by atoms with E-state index in [0.29, 0.717) is 5.41 Å². The van der Waals surface area contributed by atoms with Gasteiger partial charge in [0.05, 0.1) is 12.4 Å². The molecule has 1 heterocycles. The van der Waals surface area contributed by atoms with E-state index < -0.39 is 0 Å². The fraction of sp³-hybridized carbons (Fsp3) is 0.875. The Labute approximate surface area is 62.7 Å². The molecule has 0 radical (unpaired) electrons. The largest absolute Gasteiger partial charge is 0.372 e. The second-order valence-corrected chi connectivity index (χ2v) is 3.99. The van der Waals surface area contributed by atoms with Gasteiger partial charge in [-0.1, -0.05) is 20.8 Å². The summed E-state index contributed by atoms with van der Waals surface area (Å²) in [6, 6.07) is 0. The van der Waals surface area contributed by atoms with Crippen LogP contribution in [-0.4, -0.2) is 18.9 Å². The standard InChI is InChI=1S/C8H16N2/c1-8(2,3)6-7-9-4-5-10-7/h4-6H2,1-3H3,(H,9,10). The smallest absolute Gasteiger partial charge is 0.0969 e. The molecule has 0 unspecified atom stereocenters. The molecule has 0 bridgehead atoms. The van der Waals surface area contributed by atoms with Crippen molar-refractivity contribution >= 4 is 5.84 Å². The van der Waals surface area contributed by atoms with Crippen molar-refractivity contribution in [1.82, 2.24) is 5.32 Å². The molecule has 0 aromatic rings. The van der Waals surface area contributed by atoms with Crippen LogP contribution in [-0.2, 0) is 0 Å². The third-order valence-electron chi connectivity index (χ3n) is 1.44. The Kier molecular flexibility index (Phi) is 1.97. The number of hydrogen-bond acceptors (Lipinski definition) is 2. The summed E-state index contributed by atoms with van der Waals surface area (Å²) in [5.74, 6) is 1.19. The molecule has 0 saturated carbocycles. The average Bonchev–Trinajstić information content (AvgIpc) is 2.12. The van der Waals surface area contributed by atoms with Crippen LogP contribution in [0, 0.1) is 5.41 Å². The summed E-state index contributed by atoms with van der Waals surface area (Å²) in [5.41, 5.74) is 0.371. The van der Waals surface area contributed by atoms with Crippen LogP contribution in [0.4, 0.5) is 0 Å². The summed E-state index contributed by atoms with van der Waals surface area (Å²) < 4.78 is 0. The molecule has 0 aromatic carbocycles. The zero-order valence-corrected chi connectivity index (χ0v) is 7.07. The van der Waals surface area contributed by atoms with E-state index in [2.05, 4.69) is 31.1 Å². The molecule has 1 aliphatic rings. The molecule has 2 heteroatoms. The molecule has 10 heavy (non-hydrogen) atoms. The number of rotatable bonds is 1. The first-order chi connectivity index (χ1) is 4.58. The minimum atomic E-state index is 0.371. The lowest BCUT2D eigenvalue weighted by atomic mass is 9.92. The predicted molar refractivity (Wildman–Crippen MR) is 44.4 cm³/mol. The molecule has 0 spiro atoms. The highest BCUT2D eigenvalue weighted by molar-refractivity contribution is 5.84.